The van der Waals surface area contributed by atoms with Crippen molar-refractivity contribution in [3.05, 3.63) is 41.9 Å². The third-order valence-corrected chi connectivity index (χ3v) is 5.05. The van der Waals surface area contributed by atoms with Gasteiger partial charge < -0.3 is 15.7 Å². The van der Waals surface area contributed by atoms with Crippen molar-refractivity contribution in [3.8, 4) is 11.4 Å². The molecule has 1 amide bonds. The van der Waals surface area contributed by atoms with E-state index in [1.165, 1.54) is 20.0 Å². The predicted molar refractivity (Wildman–Crippen MR) is 111 cm³/mol. The Kier molecular flexibility index (Phi) is 5.15. The molecule has 0 spiro atoms. The highest BCUT2D eigenvalue weighted by atomic mass is 19.1. The molecule has 0 aliphatic heterocycles. The van der Waals surface area contributed by atoms with Crippen molar-refractivity contribution in [1.29, 1.82) is 0 Å². The average molecular weight is 412 g/mol. The number of pyridine rings is 1. The van der Waals surface area contributed by atoms with Gasteiger partial charge in [0.15, 0.2) is 5.65 Å². The first-order chi connectivity index (χ1) is 14.2. The van der Waals surface area contributed by atoms with E-state index >= 15 is 0 Å². The molecule has 0 bridgehead atoms. The maximum absolute atomic E-state index is 14.0. The molecule has 1 aliphatic carbocycles. The third-order valence-electron chi connectivity index (χ3n) is 5.05. The van der Waals surface area contributed by atoms with Gasteiger partial charge in [0, 0.05) is 12.2 Å². The molecule has 158 valence electrons. The quantitative estimate of drug-likeness (QED) is 0.551. The van der Waals surface area contributed by atoms with Crippen LogP contribution in [-0.2, 0) is 0 Å². The van der Waals surface area contributed by atoms with Gasteiger partial charge in [-0.3, -0.25) is 9.78 Å². The first-order valence-corrected chi connectivity index (χ1v) is 9.94. The minimum Gasteiger partial charge on any atom is -0.387 e. The highest BCUT2D eigenvalue weighted by Gasteiger charge is 2.28. The molecule has 3 heterocycles. The van der Waals surface area contributed by atoms with Crippen molar-refractivity contribution in [2.45, 2.75) is 51.4 Å². The second-order valence-corrected chi connectivity index (χ2v) is 8.31. The Morgan fingerprint density at radius 3 is 2.77 bits per heavy atom. The monoisotopic (exact) mass is 412 g/mol. The van der Waals surface area contributed by atoms with Crippen molar-refractivity contribution in [1.82, 2.24) is 24.9 Å². The predicted octanol–water partition coefficient (Wildman–Crippen LogP) is 2.51. The van der Waals surface area contributed by atoms with Crippen LogP contribution in [0.5, 0.6) is 0 Å². The van der Waals surface area contributed by atoms with E-state index in [-0.39, 0.29) is 6.54 Å². The molecule has 1 unspecified atom stereocenters. The number of halogens is 1. The van der Waals surface area contributed by atoms with Crippen LogP contribution < -0.4 is 10.6 Å². The Bertz CT molecular complexity index is 1090. The number of nitrogens with one attached hydrogen (secondary N) is 2. The lowest BCUT2D eigenvalue weighted by Crippen LogP contribution is -2.42. The lowest BCUT2D eigenvalue weighted by molar-refractivity contribution is -0.00177. The molecule has 3 aromatic rings. The minimum absolute atomic E-state index is 0.288. The zero-order chi connectivity index (χ0) is 21.5. The van der Waals surface area contributed by atoms with E-state index in [9.17, 15) is 14.3 Å². The highest BCUT2D eigenvalue weighted by Crippen LogP contribution is 2.29. The van der Waals surface area contributed by atoms with Gasteiger partial charge in [0.05, 0.1) is 41.5 Å². The van der Waals surface area contributed by atoms with E-state index in [0.29, 0.717) is 34.3 Å². The van der Waals surface area contributed by atoms with Crippen LogP contribution in [0.15, 0.2) is 30.7 Å². The molecule has 0 aromatic carbocycles. The first-order valence-electron chi connectivity index (χ1n) is 9.94. The Hall–Kier alpha value is -3.07. The van der Waals surface area contributed by atoms with Gasteiger partial charge >= 0.3 is 0 Å². The number of aromatic nitrogens is 4. The fourth-order valence-corrected chi connectivity index (χ4v) is 3.01. The summed E-state index contributed by atoms with van der Waals surface area (Å²) >= 11 is 0. The summed E-state index contributed by atoms with van der Waals surface area (Å²) in [6.45, 7) is 4.39. The van der Waals surface area contributed by atoms with Gasteiger partial charge in [-0.05, 0) is 51.3 Å². The summed E-state index contributed by atoms with van der Waals surface area (Å²) < 4.78 is 15.7. The lowest BCUT2D eigenvalue weighted by Gasteiger charge is -2.22. The topological polar surface area (TPSA) is 104 Å². The van der Waals surface area contributed by atoms with Gasteiger partial charge in [0.1, 0.15) is 11.9 Å². The number of aryl methyl sites for hydroxylation is 1. The number of nitrogens with zero attached hydrogens (tertiary/aromatic N) is 4. The van der Waals surface area contributed by atoms with Crippen molar-refractivity contribution in [2.24, 2.45) is 0 Å². The summed E-state index contributed by atoms with van der Waals surface area (Å²) in [4.78, 5) is 21.5. The summed E-state index contributed by atoms with van der Waals surface area (Å²) in [6, 6.07) is 4.03. The fourth-order valence-electron chi connectivity index (χ4n) is 3.01. The van der Waals surface area contributed by atoms with Crippen molar-refractivity contribution in [3.63, 3.8) is 0 Å². The molecule has 3 N–H and O–H groups in total. The normalized spacial score (nSPS) is 15.2. The number of imidazole rings is 1. The van der Waals surface area contributed by atoms with Crippen LogP contribution in [0.2, 0.25) is 0 Å². The maximum Gasteiger partial charge on any atom is 0.255 e. The Morgan fingerprint density at radius 2 is 2.07 bits per heavy atom. The number of anilines is 1. The molecule has 1 saturated carbocycles. The minimum atomic E-state index is -1.58. The second kappa shape index (κ2) is 7.64. The fraction of sp³-hybridized carbons (Fsp3) is 0.429. The molecule has 1 atom stereocenters. The molecule has 9 heteroatoms. The number of fused-ring (bicyclic) bond motifs is 1. The number of carbonyl (C=O) groups excluding carboxylic acids is 1. The van der Waals surface area contributed by atoms with E-state index in [2.05, 4.69) is 25.7 Å². The molecule has 30 heavy (non-hydrogen) atoms. The van der Waals surface area contributed by atoms with E-state index in [0.717, 1.165) is 18.4 Å². The number of hydrogen-bond donors (Lipinski definition) is 3. The molecule has 0 radical (unpaired) electrons. The van der Waals surface area contributed by atoms with E-state index in [4.69, 9.17) is 0 Å². The summed E-state index contributed by atoms with van der Waals surface area (Å²) in [7, 11) is 0. The molecular weight excluding hydrogens is 387 g/mol. The maximum atomic E-state index is 14.0. The van der Waals surface area contributed by atoms with Crippen LogP contribution in [0, 0.1) is 6.92 Å². The van der Waals surface area contributed by atoms with Gasteiger partial charge in [-0.1, -0.05) is 0 Å². The summed E-state index contributed by atoms with van der Waals surface area (Å²) in [5.74, 6) is -0.448. The molecule has 1 fully saturated rings. The molecule has 4 rings (SSSR count). The smallest absolute Gasteiger partial charge is 0.255 e. The Balaban J connectivity index is 1.62. The van der Waals surface area contributed by atoms with Crippen LogP contribution in [0.4, 0.5) is 10.1 Å². The molecule has 0 saturated heterocycles. The van der Waals surface area contributed by atoms with Gasteiger partial charge in [0.2, 0.25) is 0 Å². The van der Waals surface area contributed by atoms with E-state index < -0.39 is 17.7 Å². The first kappa shape index (κ1) is 20.2. The van der Waals surface area contributed by atoms with Crippen LogP contribution in [0.3, 0.4) is 0 Å². The van der Waals surface area contributed by atoms with Crippen LogP contribution in [0.25, 0.3) is 17.0 Å². The second-order valence-electron chi connectivity index (χ2n) is 8.31. The Morgan fingerprint density at radius 1 is 1.30 bits per heavy atom. The number of alkyl halides is 1. The molecule has 3 aromatic heterocycles. The van der Waals surface area contributed by atoms with Crippen LogP contribution >= 0.6 is 0 Å². The van der Waals surface area contributed by atoms with Gasteiger partial charge in [-0.15, -0.1) is 0 Å². The van der Waals surface area contributed by atoms with Gasteiger partial charge in [0.25, 0.3) is 5.91 Å². The van der Waals surface area contributed by atoms with Crippen LogP contribution in [0.1, 0.15) is 42.6 Å². The van der Waals surface area contributed by atoms with Gasteiger partial charge in [-0.2, -0.15) is 5.10 Å². The average Bonchev–Trinajstić information content (AvgIpc) is 3.41. The highest BCUT2D eigenvalue weighted by molar-refractivity contribution is 6.00. The molecule has 1 aliphatic rings. The largest absolute Gasteiger partial charge is 0.387 e. The zero-order valence-corrected chi connectivity index (χ0v) is 17.2. The van der Waals surface area contributed by atoms with Crippen molar-refractivity contribution >= 4 is 17.2 Å². The van der Waals surface area contributed by atoms with Gasteiger partial charge in [-0.25, -0.2) is 13.9 Å². The van der Waals surface area contributed by atoms with Crippen molar-refractivity contribution in [2.75, 3.05) is 11.9 Å². The number of rotatable bonds is 7. The van der Waals surface area contributed by atoms with E-state index in [1.807, 2.05) is 13.0 Å². The Labute approximate surface area is 173 Å². The third kappa shape index (κ3) is 4.25. The zero-order valence-electron chi connectivity index (χ0n) is 17.2. The molecular formula is C21H25FN6O2. The van der Waals surface area contributed by atoms with Crippen LogP contribution in [-0.4, -0.2) is 55.0 Å². The lowest BCUT2D eigenvalue weighted by atomic mass is 10.0. The van der Waals surface area contributed by atoms with E-state index in [1.54, 1.807) is 23.0 Å². The van der Waals surface area contributed by atoms with Crippen molar-refractivity contribution < 1.29 is 14.3 Å². The number of hydrogen-bond acceptors (Lipinski definition) is 6. The SMILES string of the molecule is Cc1cnn2c(-c3cc(NC4CC4)c(C(=O)NCC(F)C(C)(C)O)cn3)cnc2c1. The summed E-state index contributed by atoms with van der Waals surface area (Å²) in [5.41, 5.74) is 2.48. The number of carbonyl (C=O) groups is 1. The molecule has 8 nitrogen and oxygen atoms in total. The summed E-state index contributed by atoms with van der Waals surface area (Å²) in [5, 5.41) is 20.0. The summed E-state index contributed by atoms with van der Waals surface area (Å²) in [6.07, 6.45) is 5.39. The standard InChI is InChI=1S/C21H25FN6O2/c1-12-6-19-24-10-17(28(19)26-8-12)16-7-15(27-13-4-5-13)14(9-23-16)20(29)25-11-18(22)21(2,3)30/h6-10,13,18,30H,4-5,11H2,1-3H3,(H,23,27)(H,25,29). The number of aliphatic hydroxyl groups is 1. The number of amides is 1.